The van der Waals surface area contributed by atoms with Gasteiger partial charge in [0.05, 0.1) is 12.2 Å². The van der Waals surface area contributed by atoms with Gasteiger partial charge in [-0.15, -0.1) is 0 Å². The molecule has 0 aromatic heterocycles. The Morgan fingerprint density at radius 3 is 2.79 bits per heavy atom. The van der Waals surface area contributed by atoms with Crippen LogP contribution >= 0.6 is 0 Å². The van der Waals surface area contributed by atoms with Crippen molar-refractivity contribution in [2.75, 3.05) is 6.61 Å². The molecule has 0 radical (unpaired) electrons. The highest BCUT2D eigenvalue weighted by molar-refractivity contribution is 5.96. The molecule has 0 aliphatic heterocycles. The molecule has 0 fully saturated rings. The van der Waals surface area contributed by atoms with E-state index in [-0.39, 0.29) is 5.78 Å². The highest BCUT2D eigenvalue weighted by Gasteiger charge is 2.09. The normalized spacial score (nSPS) is 9.93. The Bertz CT molecular complexity index is 334. The number of carbonyl (C=O) groups is 1. The average Bonchev–Trinajstić information content (AvgIpc) is 2.15. The number of rotatable bonds is 4. The van der Waals surface area contributed by atoms with E-state index in [1.165, 1.54) is 25.1 Å². The van der Waals surface area contributed by atoms with Crippen molar-refractivity contribution in [2.24, 2.45) is 0 Å². The molecule has 0 bridgehead atoms. The van der Waals surface area contributed by atoms with E-state index in [9.17, 15) is 9.18 Å². The Hall–Kier alpha value is -1.38. The number of Topliss-reactive ketones (excluding diaryl/α,β-unsaturated/α-hetero) is 1. The molecule has 0 aliphatic carbocycles. The van der Waals surface area contributed by atoms with Gasteiger partial charge in [0.1, 0.15) is 11.6 Å². The number of halogens is 1. The van der Waals surface area contributed by atoms with Crippen LogP contribution in [-0.4, -0.2) is 12.4 Å². The van der Waals surface area contributed by atoms with Crippen LogP contribution in [0.5, 0.6) is 5.75 Å². The van der Waals surface area contributed by atoms with Crippen LogP contribution in [0.2, 0.25) is 0 Å². The van der Waals surface area contributed by atoms with Crippen LogP contribution < -0.4 is 4.74 Å². The van der Waals surface area contributed by atoms with Crippen molar-refractivity contribution in [2.45, 2.75) is 20.3 Å². The summed E-state index contributed by atoms with van der Waals surface area (Å²) >= 11 is 0. The van der Waals surface area contributed by atoms with E-state index in [0.717, 1.165) is 6.42 Å². The van der Waals surface area contributed by atoms with Gasteiger partial charge in [0, 0.05) is 0 Å². The Morgan fingerprint density at radius 2 is 2.21 bits per heavy atom. The third kappa shape index (κ3) is 2.55. The van der Waals surface area contributed by atoms with E-state index in [0.29, 0.717) is 17.9 Å². The van der Waals surface area contributed by atoms with Crippen molar-refractivity contribution in [3.63, 3.8) is 0 Å². The molecular formula is C11H13FO2. The van der Waals surface area contributed by atoms with Crippen molar-refractivity contribution in [1.29, 1.82) is 0 Å². The third-order valence-electron chi connectivity index (χ3n) is 1.78. The number of ether oxygens (including phenoxy) is 1. The summed E-state index contributed by atoms with van der Waals surface area (Å²) in [5.74, 6) is -0.143. The van der Waals surface area contributed by atoms with E-state index in [1.807, 2.05) is 6.92 Å². The van der Waals surface area contributed by atoms with Crippen LogP contribution in [0.1, 0.15) is 30.6 Å². The third-order valence-corrected chi connectivity index (χ3v) is 1.78. The van der Waals surface area contributed by atoms with Gasteiger partial charge in [0.25, 0.3) is 0 Å². The molecule has 3 heteroatoms. The molecular weight excluding hydrogens is 183 g/mol. The summed E-state index contributed by atoms with van der Waals surface area (Å²) in [4.78, 5) is 11.1. The number of hydrogen-bond acceptors (Lipinski definition) is 2. The summed E-state index contributed by atoms with van der Waals surface area (Å²) in [6.07, 6.45) is 0.856. The molecule has 76 valence electrons. The summed E-state index contributed by atoms with van der Waals surface area (Å²) < 4.78 is 18.1. The number of hydrogen-bond donors (Lipinski definition) is 0. The summed E-state index contributed by atoms with van der Waals surface area (Å²) in [6.45, 7) is 3.90. The lowest BCUT2D eigenvalue weighted by molar-refractivity contribution is 0.101. The van der Waals surface area contributed by atoms with E-state index < -0.39 is 5.82 Å². The fraction of sp³-hybridized carbons (Fsp3) is 0.364. The van der Waals surface area contributed by atoms with E-state index in [2.05, 4.69) is 0 Å². The molecule has 14 heavy (non-hydrogen) atoms. The smallest absolute Gasteiger partial charge is 0.163 e. The Morgan fingerprint density at radius 1 is 1.50 bits per heavy atom. The highest BCUT2D eigenvalue weighted by atomic mass is 19.1. The molecule has 0 spiro atoms. The maximum absolute atomic E-state index is 12.8. The van der Waals surface area contributed by atoms with Crippen molar-refractivity contribution in [3.8, 4) is 5.75 Å². The van der Waals surface area contributed by atoms with Crippen LogP contribution in [0, 0.1) is 5.82 Å². The van der Waals surface area contributed by atoms with Crippen LogP contribution in [0.3, 0.4) is 0 Å². The second kappa shape index (κ2) is 4.74. The largest absolute Gasteiger partial charge is 0.493 e. The Kier molecular flexibility index (Phi) is 3.63. The van der Waals surface area contributed by atoms with Crippen LogP contribution in [-0.2, 0) is 0 Å². The molecule has 2 nitrogen and oxygen atoms in total. The standard InChI is InChI=1S/C11H13FO2/c1-3-6-14-11-5-4-9(12)7-10(11)8(2)13/h4-5,7H,3,6H2,1-2H3. The molecule has 0 amide bonds. The number of benzene rings is 1. The minimum atomic E-state index is -0.418. The molecule has 0 heterocycles. The summed E-state index contributed by atoms with van der Waals surface area (Å²) in [5.41, 5.74) is 0.304. The van der Waals surface area contributed by atoms with Gasteiger partial charge >= 0.3 is 0 Å². The summed E-state index contributed by atoms with van der Waals surface area (Å²) in [7, 11) is 0. The molecule has 1 aromatic carbocycles. The van der Waals surface area contributed by atoms with Gasteiger partial charge in [-0.25, -0.2) is 4.39 Å². The summed E-state index contributed by atoms with van der Waals surface area (Å²) in [6, 6.07) is 3.98. The lowest BCUT2D eigenvalue weighted by Gasteiger charge is -2.08. The summed E-state index contributed by atoms with van der Waals surface area (Å²) in [5, 5.41) is 0. The van der Waals surface area contributed by atoms with E-state index in [4.69, 9.17) is 4.74 Å². The zero-order valence-corrected chi connectivity index (χ0v) is 8.34. The highest BCUT2D eigenvalue weighted by Crippen LogP contribution is 2.20. The lowest BCUT2D eigenvalue weighted by Crippen LogP contribution is -2.02. The molecule has 0 N–H and O–H groups in total. The first kappa shape index (κ1) is 10.7. The molecule has 0 saturated carbocycles. The zero-order valence-electron chi connectivity index (χ0n) is 8.34. The van der Waals surface area contributed by atoms with Crippen molar-refractivity contribution in [1.82, 2.24) is 0 Å². The van der Waals surface area contributed by atoms with Crippen LogP contribution in [0.15, 0.2) is 18.2 Å². The first-order valence-electron chi connectivity index (χ1n) is 4.58. The second-order valence-electron chi connectivity index (χ2n) is 3.05. The first-order valence-corrected chi connectivity index (χ1v) is 4.58. The quantitative estimate of drug-likeness (QED) is 0.692. The number of ketones is 1. The average molecular weight is 196 g/mol. The first-order chi connectivity index (χ1) is 6.65. The van der Waals surface area contributed by atoms with Crippen molar-refractivity contribution >= 4 is 5.78 Å². The van der Waals surface area contributed by atoms with E-state index >= 15 is 0 Å². The molecule has 0 atom stereocenters. The lowest BCUT2D eigenvalue weighted by atomic mass is 10.1. The minimum Gasteiger partial charge on any atom is -0.493 e. The van der Waals surface area contributed by atoms with Gasteiger partial charge in [-0.05, 0) is 31.5 Å². The molecule has 1 rings (SSSR count). The van der Waals surface area contributed by atoms with Gasteiger partial charge in [-0.3, -0.25) is 4.79 Å². The maximum atomic E-state index is 12.8. The predicted molar refractivity (Wildman–Crippen MR) is 52.2 cm³/mol. The van der Waals surface area contributed by atoms with Crippen LogP contribution in [0.4, 0.5) is 4.39 Å². The van der Waals surface area contributed by atoms with Crippen molar-refractivity contribution in [3.05, 3.63) is 29.6 Å². The molecule has 0 unspecified atom stereocenters. The Labute approximate surface area is 82.7 Å². The molecule has 1 aromatic rings. The monoisotopic (exact) mass is 196 g/mol. The SMILES string of the molecule is CCCOc1ccc(F)cc1C(C)=O. The van der Waals surface area contributed by atoms with Crippen LogP contribution in [0.25, 0.3) is 0 Å². The predicted octanol–water partition coefficient (Wildman–Crippen LogP) is 2.82. The fourth-order valence-electron chi connectivity index (χ4n) is 1.12. The maximum Gasteiger partial charge on any atom is 0.163 e. The van der Waals surface area contributed by atoms with Gasteiger partial charge in [-0.1, -0.05) is 6.92 Å². The molecule has 0 aliphatic rings. The zero-order chi connectivity index (χ0) is 10.6. The fourth-order valence-corrected chi connectivity index (χ4v) is 1.12. The topological polar surface area (TPSA) is 26.3 Å². The van der Waals surface area contributed by atoms with Gasteiger partial charge < -0.3 is 4.74 Å². The van der Waals surface area contributed by atoms with Gasteiger partial charge in [-0.2, -0.15) is 0 Å². The molecule has 0 saturated heterocycles. The number of carbonyl (C=O) groups excluding carboxylic acids is 1. The Balaban J connectivity index is 2.96. The van der Waals surface area contributed by atoms with E-state index in [1.54, 1.807) is 0 Å². The van der Waals surface area contributed by atoms with Gasteiger partial charge in [0.15, 0.2) is 5.78 Å². The van der Waals surface area contributed by atoms with Gasteiger partial charge in [0.2, 0.25) is 0 Å². The minimum absolute atomic E-state index is 0.185. The second-order valence-corrected chi connectivity index (χ2v) is 3.05. The van der Waals surface area contributed by atoms with Crippen molar-refractivity contribution < 1.29 is 13.9 Å².